The van der Waals surface area contributed by atoms with Crippen molar-refractivity contribution in [3.05, 3.63) is 0 Å². The van der Waals surface area contributed by atoms with Crippen molar-refractivity contribution in [1.29, 1.82) is 0 Å². The molecule has 2 atom stereocenters. The molecular weight excluding hydrogens is 220 g/mol. The van der Waals surface area contributed by atoms with Crippen LogP contribution >= 0.6 is 12.4 Å². The highest BCUT2D eigenvalue weighted by molar-refractivity contribution is 5.85. The molecule has 3 heteroatoms. The van der Waals surface area contributed by atoms with Crippen LogP contribution in [-0.2, 0) is 0 Å². The second-order valence-electron chi connectivity index (χ2n) is 5.56. The average Bonchev–Trinajstić information content (AvgIpc) is 2.25. The van der Waals surface area contributed by atoms with Gasteiger partial charge in [-0.1, -0.05) is 19.3 Å². The van der Waals surface area contributed by atoms with Crippen molar-refractivity contribution in [2.75, 3.05) is 19.6 Å². The number of piperazine rings is 1. The molecule has 0 aromatic heterocycles. The van der Waals surface area contributed by atoms with Crippen molar-refractivity contribution in [3.8, 4) is 0 Å². The lowest BCUT2D eigenvalue weighted by Gasteiger charge is -2.42. The van der Waals surface area contributed by atoms with Crippen LogP contribution < -0.4 is 5.32 Å². The first kappa shape index (κ1) is 14.3. The van der Waals surface area contributed by atoms with Crippen LogP contribution in [0.5, 0.6) is 0 Å². The summed E-state index contributed by atoms with van der Waals surface area (Å²) < 4.78 is 0. The van der Waals surface area contributed by atoms with Gasteiger partial charge < -0.3 is 5.32 Å². The van der Waals surface area contributed by atoms with E-state index in [9.17, 15) is 0 Å². The van der Waals surface area contributed by atoms with Gasteiger partial charge in [0.2, 0.25) is 0 Å². The Morgan fingerprint density at radius 3 is 2.12 bits per heavy atom. The van der Waals surface area contributed by atoms with E-state index in [4.69, 9.17) is 0 Å². The molecule has 2 fully saturated rings. The number of hydrogen-bond donors (Lipinski definition) is 1. The van der Waals surface area contributed by atoms with E-state index in [1.807, 2.05) is 0 Å². The molecule has 1 N–H and O–H groups in total. The molecule has 0 amide bonds. The van der Waals surface area contributed by atoms with Gasteiger partial charge in [0.25, 0.3) is 0 Å². The van der Waals surface area contributed by atoms with E-state index in [2.05, 4.69) is 24.1 Å². The van der Waals surface area contributed by atoms with Crippen molar-refractivity contribution < 1.29 is 0 Å². The molecule has 0 bridgehead atoms. The SMILES string of the molecule is C[C@@H]1CNC[C@H](C)N1CC1CCCCC1.Cl. The summed E-state index contributed by atoms with van der Waals surface area (Å²) in [5, 5.41) is 3.51. The van der Waals surface area contributed by atoms with Gasteiger partial charge >= 0.3 is 0 Å². The molecule has 1 saturated carbocycles. The molecule has 2 nitrogen and oxygen atoms in total. The topological polar surface area (TPSA) is 15.3 Å². The third-order valence-electron chi connectivity index (χ3n) is 4.21. The van der Waals surface area contributed by atoms with Gasteiger partial charge in [-0.2, -0.15) is 0 Å². The van der Waals surface area contributed by atoms with E-state index >= 15 is 0 Å². The largest absolute Gasteiger partial charge is 0.314 e. The molecule has 0 radical (unpaired) electrons. The van der Waals surface area contributed by atoms with Crippen LogP contribution in [0, 0.1) is 5.92 Å². The second-order valence-corrected chi connectivity index (χ2v) is 5.56. The lowest BCUT2D eigenvalue weighted by atomic mass is 9.88. The van der Waals surface area contributed by atoms with Crippen LogP contribution in [0.2, 0.25) is 0 Å². The molecule has 96 valence electrons. The lowest BCUT2D eigenvalue weighted by molar-refractivity contribution is 0.0867. The third-order valence-corrected chi connectivity index (χ3v) is 4.21. The zero-order chi connectivity index (χ0) is 10.7. The number of nitrogens with zero attached hydrogens (tertiary/aromatic N) is 1. The van der Waals surface area contributed by atoms with E-state index < -0.39 is 0 Å². The van der Waals surface area contributed by atoms with Crippen LogP contribution in [0.25, 0.3) is 0 Å². The minimum atomic E-state index is 0. The molecule has 2 aliphatic rings. The van der Waals surface area contributed by atoms with E-state index in [0.29, 0.717) is 0 Å². The zero-order valence-corrected chi connectivity index (χ0v) is 11.6. The summed E-state index contributed by atoms with van der Waals surface area (Å²) in [4.78, 5) is 2.73. The normalized spacial score (nSPS) is 33.4. The van der Waals surface area contributed by atoms with Crippen molar-refractivity contribution in [2.45, 2.75) is 58.0 Å². The number of nitrogens with one attached hydrogen (secondary N) is 1. The molecule has 1 aliphatic carbocycles. The molecular formula is C13H27ClN2. The zero-order valence-electron chi connectivity index (χ0n) is 10.7. The first-order valence-corrected chi connectivity index (χ1v) is 6.74. The van der Waals surface area contributed by atoms with Crippen LogP contribution in [0.3, 0.4) is 0 Å². The minimum Gasteiger partial charge on any atom is -0.314 e. The predicted molar refractivity (Wildman–Crippen MR) is 72.3 cm³/mol. The Hall–Kier alpha value is 0.210. The molecule has 1 saturated heterocycles. The maximum Gasteiger partial charge on any atom is 0.0195 e. The Balaban J connectivity index is 0.00000128. The average molecular weight is 247 g/mol. The maximum absolute atomic E-state index is 3.51. The Morgan fingerprint density at radius 2 is 1.56 bits per heavy atom. The van der Waals surface area contributed by atoms with Gasteiger partial charge in [-0.15, -0.1) is 12.4 Å². The highest BCUT2D eigenvalue weighted by Gasteiger charge is 2.27. The lowest BCUT2D eigenvalue weighted by Crippen LogP contribution is -2.56. The second kappa shape index (κ2) is 6.83. The van der Waals surface area contributed by atoms with E-state index in [1.165, 1.54) is 51.7 Å². The molecule has 2 rings (SSSR count). The Morgan fingerprint density at radius 1 is 1.00 bits per heavy atom. The highest BCUT2D eigenvalue weighted by atomic mass is 35.5. The van der Waals surface area contributed by atoms with Crippen LogP contribution in [-0.4, -0.2) is 36.6 Å². The fourth-order valence-electron chi connectivity index (χ4n) is 3.20. The molecule has 0 aromatic rings. The van der Waals surface area contributed by atoms with Gasteiger partial charge in [-0.3, -0.25) is 4.90 Å². The minimum absolute atomic E-state index is 0. The maximum atomic E-state index is 3.51. The quantitative estimate of drug-likeness (QED) is 0.806. The summed E-state index contributed by atoms with van der Waals surface area (Å²) in [6, 6.07) is 1.46. The van der Waals surface area contributed by atoms with Crippen molar-refractivity contribution in [3.63, 3.8) is 0 Å². The first-order valence-electron chi connectivity index (χ1n) is 6.74. The monoisotopic (exact) mass is 246 g/mol. The number of halogens is 1. The summed E-state index contributed by atoms with van der Waals surface area (Å²) in [5.41, 5.74) is 0. The van der Waals surface area contributed by atoms with Crippen LogP contribution in [0.4, 0.5) is 0 Å². The van der Waals surface area contributed by atoms with E-state index in [1.54, 1.807) is 0 Å². The van der Waals surface area contributed by atoms with Crippen molar-refractivity contribution in [1.82, 2.24) is 10.2 Å². The summed E-state index contributed by atoms with van der Waals surface area (Å²) in [7, 11) is 0. The van der Waals surface area contributed by atoms with Crippen molar-refractivity contribution >= 4 is 12.4 Å². The molecule has 1 aliphatic heterocycles. The van der Waals surface area contributed by atoms with Gasteiger partial charge in [-0.05, 0) is 32.6 Å². The molecule has 1 heterocycles. The first-order chi connectivity index (χ1) is 7.27. The summed E-state index contributed by atoms with van der Waals surface area (Å²) >= 11 is 0. The van der Waals surface area contributed by atoms with Gasteiger partial charge in [-0.25, -0.2) is 0 Å². The number of hydrogen-bond acceptors (Lipinski definition) is 2. The van der Waals surface area contributed by atoms with Crippen LogP contribution in [0.1, 0.15) is 46.0 Å². The summed E-state index contributed by atoms with van der Waals surface area (Å²) in [6.07, 6.45) is 7.37. The summed E-state index contributed by atoms with van der Waals surface area (Å²) in [5.74, 6) is 0.988. The molecule has 0 aromatic carbocycles. The Kier molecular flexibility index (Phi) is 6.09. The smallest absolute Gasteiger partial charge is 0.0195 e. The van der Waals surface area contributed by atoms with Gasteiger partial charge in [0.1, 0.15) is 0 Å². The van der Waals surface area contributed by atoms with Gasteiger partial charge in [0.05, 0.1) is 0 Å². The molecule has 0 spiro atoms. The van der Waals surface area contributed by atoms with Crippen molar-refractivity contribution in [2.24, 2.45) is 5.92 Å². The fourth-order valence-corrected chi connectivity index (χ4v) is 3.20. The fraction of sp³-hybridized carbons (Fsp3) is 1.00. The predicted octanol–water partition coefficient (Wildman–Crippen LogP) is 2.67. The van der Waals surface area contributed by atoms with Crippen LogP contribution in [0.15, 0.2) is 0 Å². The Bertz CT molecular complexity index is 182. The number of rotatable bonds is 2. The van der Waals surface area contributed by atoms with E-state index in [-0.39, 0.29) is 12.4 Å². The highest BCUT2D eigenvalue weighted by Crippen LogP contribution is 2.26. The standard InChI is InChI=1S/C13H26N2.ClH/c1-11-8-14-9-12(2)15(11)10-13-6-4-3-5-7-13;/h11-14H,3-10H2,1-2H3;1H/t11-,12+;. The van der Waals surface area contributed by atoms with Gasteiger partial charge in [0, 0.05) is 31.7 Å². The molecule has 16 heavy (non-hydrogen) atoms. The summed E-state index contributed by atoms with van der Waals surface area (Å²) in [6.45, 7) is 8.44. The molecule has 0 unspecified atom stereocenters. The third kappa shape index (κ3) is 3.61. The van der Waals surface area contributed by atoms with Gasteiger partial charge in [0.15, 0.2) is 0 Å². The van der Waals surface area contributed by atoms with E-state index in [0.717, 1.165) is 18.0 Å². The Labute approximate surface area is 107 Å².